The molecule has 12 heteroatoms. The molecule has 0 radical (unpaired) electrons. The van der Waals surface area contributed by atoms with Gasteiger partial charge in [-0.15, -0.1) is 29.0 Å². The maximum Gasteiger partial charge on any atom is 0.416 e. The van der Waals surface area contributed by atoms with E-state index >= 15 is 0 Å². The minimum Gasteiger partial charge on any atom is -0.348 e. The molecule has 2 amide bonds. The number of likely N-dealkylation sites (N-methyl/N-ethyl adjacent to an activating group) is 1. The Morgan fingerprint density at radius 1 is 1.20 bits per heavy atom. The number of rotatable bonds is 10. The fourth-order valence-corrected chi connectivity index (χ4v) is 8.00. The summed E-state index contributed by atoms with van der Waals surface area (Å²) in [6.45, 7) is 3.92. The molecule has 6 rings (SSSR count). The van der Waals surface area contributed by atoms with Gasteiger partial charge in [-0.1, -0.05) is 31.1 Å². The Kier molecular flexibility index (Phi) is 10.1. The SMILES string of the molecule is C#CCN(C)C/C=C/C(=O)N[C@H]1C[C@@H](C#C)CN(Cc2cc3c(c(C(F)(F)F)c2)CN(c2cccc(C4(c5nncn5C)CC(C)C4)c2)C3=O)C1. The largest absolute Gasteiger partial charge is 0.416 e. The predicted octanol–water partition coefficient (Wildman–Crippen LogP) is 4.77. The summed E-state index contributed by atoms with van der Waals surface area (Å²) in [6.07, 6.45) is 13.5. The summed E-state index contributed by atoms with van der Waals surface area (Å²) in [5.41, 5.74) is 0.642. The van der Waals surface area contributed by atoms with Crippen LogP contribution in [0, 0.1) is 36.5 Å². The molecule has 0 unspecified atom stereocenters. The zero-order valence-electron chi connectivity index (χ0n) is 29.1. The number of nitrogens with one attached hydrogen (secondary N) is 1. The van der Waals surface area contributed by atoms with E-state index in [1.54, 1.807) is 24.5 Å². The number of terminal acetylenes is 2. The van der Waals surface area contributed by atoms with Crippen molar-refractivity contribution in [2.45, 2.75) is 56.9 Å². The number of hydrogen-bond acceptors (Lipinski definition) is 6. The number of aryl methyl sites for hydroxylation is 1. The number of benzene rings is 2. The highest BCUT2D eigenvalue weighted by molar-refractivity contribution is 6.10. The Morgan fingerprint density at radius 3 is 2.65 bits per heavy atom. The van der Waals surface area contributed by atoms with Crippen molar-refractivity contribution in [3.05, 3.63) is 88.5 Å². The summed E-state index contributed by atoms with van der Waals surface area (Å²) in [5.74, 6) is 5.61. The van der Waals surface area contributed by atoms with Gasteiger partial charge in [-0.2, -0.15) is 13.2 Å². The first-order valence-electron chi connectivity index (χ1n) is 17.1. The molecule has 3 aliphatic rings. The number of anilines is 1. The van der Waals surface area contributed by atoms with Crippen LogP contribution in [0.2, 0.25) is 0 Å². The van der Waals surface area contributed by atoms with Gasteiger partial charge in [-0.3, -0.25) is 19.4 Å². The average molecular weight is 698 g/mol. The topological polar surface area (TPSA) is 86.6 Å². The molecule has 2 aliphatic heterocycles. The lowest BCUT2D eigenvalue weighted by atomic mass is 9.58. The molecule has 3 aromatic rings. The molecule has 1 saturated heterocycles. The minimum absolute atomic E-state index is 0.0353. The second-order valence-corrected chi connectivity index (χ2v) is 14.3. The number of nitrogens with zero attached hydrogens (tertiary/aromatic N) is 6. The number of likely N-dealkylation sites (tertiary alicyclic amines) is 1. The summed E-state index contributed by atoms with van der Waals surface area (Å²) in [6, 6.07) is 9.93. The number of alkyl halides is 3. The van der Waals surface area contributed by atoms with Crippen LogP contribution in [0.25, 0.3) is 0 Å². The average Bonchev–Trinajstić information content (AvgIpc) is 3.65. The molecule has 3 heterocycles. The summed E-state index contributed by atoms with van der Waals surface area (Å²) in [4.78, 5) is 31.9. The zero-order chi connectivity index (χ0) is 36.5. The normalized spacial score (nSPS) is 23.6. The molecule has 1 N–H and O–H groups in total. The van der Waals surface area contributed by atoms with Crippen molar-refractivity contribution in [1.82, 2.24) is 29.9 Å². The molecule has 2 fully saturated rings. The molecular formula is C39H42F3N7O2. The van der Waals surface area contributed by atoms with Crippen LogP contribution in [0.5, 0.6) is 0 Å². The number of fused-ring (bicyclic) bond motifs is 1. The van der Waals surface area contributed by atoms with E-state index in [9.17, 15) is 22.8 Å². The number of aromatic nitrogens is 3. The first-order chi connectivity index (χ1) is 24.3. The lowest BCUT2D eigenvalue weighted by molar-refractivity contribution is -0.138. The molecule has 51 heavy (non-hydrogen) atoms. The third-order valence-corrected chi connectivity index (χ3v) is 10.2. The van der Waals surface area contributed by atoms with Crippen molar-refractivity contribution >= 4 is 17.5 Å². The van der Waals surface area contributed by atoms with Crippen molar-refractivity contribution in [2.24, 2.45) is 18.9 Å². The second-order valence-electron chi connectivity index (χ2n) is 14.3. The molecular weight excluding hydrogens is 655 g/mol. The number of carbonyl (C=O) groups excluding carboxylic acids is 2. The van der Waals surface area contributed by atoms with Gasteiger partial charge in [0.15, 0.2) is 0 Å². The van der Waals surface area contributed by atoms with Crippen LogP contribution < -0.4 is 10.2 Å². The van der Waals surface area contributed by atoms with Gasteiger partial charge in [0.05, 0.1) is 24.1 Å². The highest BCUT2D eigenvalue weighted by atomic mass is 19.4. The second kappa shape index (κ2) is 14.4. The smallest absolute Gasteiger partial charge is 0.348 e. The minimum atomic E-state index is -4.67. The molecule has 1 aliphatic carbocycles. The summed E-state index contributed by atoms with van der Waals surface area (Å²) < 4.78 is 45.8. The molecule has 266 valence electrons. The van der Waals surface area contributed by atoms with E-state index in [1.807, 2.05) is 46.7 Å². The van der Waals surface area contributed by atoms with Gasteiger partial charge in [0.1, 0.15) is 12.2 Å². The third-order valence-electron chi connectivity index (χ3n) is 10.2. The number of carbonyl (C=O) groups is 2. The quantitative estimate of drug-likeness (QED) is 0.243. The number of piperidine rings is 1. The molecule has 0 bridgehead atoms. The highest BCUT2D eigenvalue weighted by Gasteiger charge is 2.48. The zero-order valence-corrected chi connectivity index (χ0v) is 29.1. The fraction of sp³-hybridized carbons (Fsp3) is 0.436. The van der Waals surface area contributed by atoms with E-state index in [2.05, 4.69) is 34.3 Å². The van der Waals surface area contributed by atoms with Crippen LogP contribution >= 0.6 is 0 Å². The third kappa shape index (κ3) is 7.44. The monoisotopic (exact) mass is 697 g/mol. The van der Waals surface area contributed by atoms with Crippen molar-refractivity contribution in [3.63, 3.8) is 0 Å². The van der Waals surface area contributed by atoms with Gasteiger partial charge in [0.2, 0.25) is 5.91 Å². The number of amides is 2. The molecule has 1 saturated carbocycles. The van der Waals surface area contributed by atoms with E-state index in [0.717, 1.165) is 30.3 Å². The van der Waals surface area contributed by atoms with Gasteiger partial charge in [0, 0.05) is 62.5 Å². The molecule has 1 aromatic heterocycles. The van der Waals surface area contributed by atoms with E-state index in [0.29, 0.717) is 49.8 Å². The van der Waals surface area contributed by atoms with Gasteiger partial charge in [-0.05, 0) is 73.2 Å². The van der Waals surface area contributed by atoms with Gasteiger partial charge < -0.3 is 14.8 Å². The maximum absolute atomic E-state index is 14.6. The predicted molar refractivity (Wildman–Crippen MR) is 188 cm³/mol. The van der Waals surface area contributed by atoms with E-state index in [1.165, 1.54) is 11.0 Å². The van der Waals surface area contributed by atoms with Crippen LogP contribution in [-0.4, -0.2) is 75.6 Å². The standard InChI is InChI=1S/C39H42F3N7O2/c1-6-13-46(4)14-9-12-35(50)44-30-15-27(7-2)21-48(23-30)22-28-16-32-33(34(17-28)39(40,41)42)24-49(36(32)51)31-11-8-10-29(18-31)38(19-26(3)20-38)37-45-43-25-47(37)5/h1-2,8-12,16-18,25-27,30H,13-15,19-24H2,3-5H3,(H,44,50)/b12-9+/t26?,27-,30+,38?/m1/s1. The van der Waals surface area contributed by atoms with Crippen LogP contribution in [0.15, 0.2) is 54.9 Å². The van der Waals surface area contributed by atoms with Gasteiger partial charge in [-0.25, -0.2) is 0 Å². The van der Waals surface area contributed by atoms with Crippen LogP contribution in [-0.2, 0) is 36.5 Å². The van der Waals surface area contributed by atoms with Crippen molar-refractivity contribution < 1.29 is 22.8 Å². The number of halogens is 3. The van der Waals surface area contributed by atoms with Gasteiger partial charge >= 0.3 is 6.18 Å². The van der Waals surface area contributed by atoms with E-state index < -0.39 is 23.1 Å². The maximum atomic E-state index is 14.6. The fourth-order valence-electron chi connectivity index (χ4n) is 8.00. The van der Waals surface area contributed by atoms with Crippen molar-refractivity contribution in [3.8, 4) is 24.7 Å². The summed E-state index contributed by atoms with van der Waals surface area (Å²) in [7, 11) is 3.74. The lowest BCUT2D eigenvalue weighted by Crippen LogP contribution is -2.50. The van der Waals surface area contributed by atoms with Crippen molar-refractivity contribution in [1.29, 1.82) is 0 Å². The molecule has 9 nitrogen and oxygen atoms in total. The first kappa shape index (κ1) is 35.9. The molecule has 2 atom stereocenters. The Labute approximate surface area is 296 Å². The lowest BCUT2D eigenvalue weighted by Gasteiger charge is -2.46. The highest BCUT2D eigenvalue weighted by Crippen LogP contribution is 2.52. The molecule has 2 aromatic carbocycles. The Balaban J connectivity index is 1.22. The van der Waals surface area contributed by atoms with E-state index in [4.69, 9.17) is 12.8 Å². The molecule has 0 spiro atoms. The van der Waals surface area contributed by atoms with Crippen LogP contribution in [0.3, 0.4) is 0 Å². The summed E-state index contributed by atoms with van der Waals surface area (Å²) >= 11 is 0. The Morgan fingerprint density at radius 2 is 1.98 bits per heavy atom. The Hall–Kier alpha value is -4.91. The summed E-state index contributed by atoms with van der Waals surface area (Å²) in [5, 5.41) is 11.5. The van der Waals surface area contributed by atoms with Gasteiger partial charge in [0.25, 0.3) is 5.91 Å². The first-order valence-corrected chi connectivity index (χ1v) is 17.1. The number of hydrogen-bond donors (Lipinski definition) is 1. The van der Waals surface area contributed by atoms with Crippen molar-refractivity contribution in [2.75, 3.05) is 38.1 Å². The van der Waals surface area contributed by atoms with Crippen LogP contribution in [0.1, 0.15) is 64.6 Å². The Bertz CT molecular complexity index is 1910. The van der Waals surface area contributed by atoms with E-state index in [-0.39, 0.29) is 42.1 Å². The van der Waals surface area contributed by atoms with Crippen LogP contribution in [0.4, 0.5) is 18.9 Å².